The minimum Gasteiger partial charge on any atom is -0.426 e. The largest absolute Gasteiger partial charge is 0.433 e. The van der Waals surface area contributed by atoms with Crippen molar-refractivity contribution in [2.45, 2.75) is 51.6 Å². The number of aromatic nitrogens is 1. The molecule has 2 aromatic rings. The third-order valence-corrected chi connectivity index (χ3v) is 4.81. The Hall–Kier alpha value is -2.32. The van der Waals surface area contributed by atoms with Crippen molar-refractivity contribution in [3.63, 3.8) is 0 Å². The molecular weight excluding hydrogens is 456 g/mol. The van der Waals surface area contributed by atoms with Crippen molar-refractivity contribution in [2.75, 3.05) is 5.32 Å². The van der Waals surface area contributed by atoms with E-state index in [9.17, 15) is 22.8 Å². The Morgan fingerprint density at radius 3 is 2.42 bits per heavy atom. The third-order valence-electron chi connectivity index (χ3n) is 4.28. The number of amides is 1. The first kappa shape index (κ1) is 24.9. The number of ether oxygens (including phenoxy) is 1. The number of alkyl halides is 3. The van der Waals surface area contributed by atoms with E-state index in [0.29, 0.717) is 12.5 Å². The molecule has 10 heteroatoms. The minimum atomic E-state index is -4.67. The molecule has 0 aliphatic heterocycles. The second kappa shape index (κ2) is 11.3. The van der Waals surface area contributed by atoms with Crippen molar-refractivity contribution < 1.29 is 27.5 Å². The van der Waals surface area contributed by atoms with E-state index < -0.39 is 28.9 Å². The van der Waals surface area contributed by atoms with Gasteiger partial charge in [0.15, 0.2) is 5.15 Å². The summed E-state index contributed by atoms with van der Waals surface area (Å²) in [6.07, 6.45) is 0.306. The number of nitrogens with one attached hydrogen (secondary N) is 1. The second-order valence-electron chi connectivity index (χ2n) is 6.77. The monoisotopic (exact) mass is 476 g/mol. The molecule has 2 rings (SSSR count). The van der Waals surface area contributed by atoms with E-state index in [4.69, 9.17) is 27.9 Å². The average Bonchev–Trinajstić information content (AvgIpc) is 2.69. The molecule has 5 nitrogen and oxygen atoms in total. The summed E-state index contributed by atoms with van der Waals surface area (Å²) in [5, 5.41) is 2.04. The predicted molar refractivity (Wildman–Crippen MR) is 113 cm³/mol. The molecule has 0 aliphatic rings. The van der Waals surface area contributed by atoms with Crippen molar-refractivity contribution in [1.82, 2.24) is 4.98 Å². The number of hydrogen-bond acceptors (Lipinski definition) is 4. The molecule has 0 spiro atoms. The van der Waals surface area contributed by atoms with Gasteiger partial charge in [-0.05, 0) is 36.8 Å². The molecule has 0 aliphatic carbocycles. The van der Waals surface area contributed by atoms with Crippen LogP contribution in [-0.2, 0) is 11.0 Å². The molecule has 31 heavy (non-hydrogen) atoms. The molecule has 0 saturated carbocycles. The van der Waals surface area contributed by atoms with E-state index in [2.05, 4.69) is 17.2 Å². The summed E-state index contributed by atoms with van der Waals surface area (Å²) in [5.41, 5.74) is -1.39. The number of esters is 1. The van der Waals surface area contributed by atoms with E-state index in [1.54, 1.807) is 0 Å². The molecule has 0 bridgehead atoms. The number of anilines is 1. The Kier molecular flexibility index (Phi) is 9.13. The molecule has 1 aromatic carbocycles. The van der Waals surface area contributed by atoms with Gasteiger partial charge in [0.25, 0.3) is 5.91 Å². The lowest BCUT2D eigenvalue weighted by molar-refractivity contribution is -0.141. The second-order valence-corrected chi connectivity index (χ2v) is 7.56. The lowest BCUT2D eigenvalue weighted by atomic mass is 10.1. The van der Waals surface area contributed by atoms with Crippen LogP contribution >= 0.6 is 23.2 Å². The number of carbonyl (C=O) groups is 2. The summed E-state index contributed by atoms with van der Waals surface area (Å²) in [6, 6.07) is 5.79. The quantitative estimate of drug-likeness (QED) is 0.184. The van der Waals surface area contributed by atoms with Crippen molar-refractivity contribution in [3.05, 3.63) is 51.8 Å². The van der Waals surface area contributed by atoms with Gasteiger partial charge in [0.1, 0.15) is 11.4 Å². The highest BCUT2D eigenvalue weighted by Crippen LogP contribution is 2.32. The first-order chi connectivity index (χ1) is 14.6. The van der Waals surface area contributed by atoms with Crippen LogP contribution in [0.3, 0.4) is 0 Å². The standard InChI is InChI=1S/C21H21Cl2F3N2O3/c1-2-3-4-5-6-7-18(29)31-16-10-8-13(22)12-14(16)20(30)27-15-9-11-17(21(24,25)26)28-19(15)23/h8-12H,2-7H2,1H3,(H,27,30). The number of carbonyl (C=O) groups excluding carboxylic acids is 2. The molecule has 1 amide bonds. The summed E-state index contributed by atoms with van der Waals surface area (Å²) in [5.74, 6) is -1.28. The van der Waals surface area contributed by atoms with E-state index in [0.717, 1.165) is 31.7 Å². The summed E-state index contributed by atoms with van der Waals surface area (Å²) >= 11 is 11.7. The average molecular weight is 477 g/mol. The SMILES string of the molecule is CCCCCCCC(=O)Oc1ccc(Cl)cc1C(=O)Nc1ccc(C(F)(F)F)nc1Cl. The van der Waals surface area contributed by atoms with Crippen LogP contribution in [0, 0.1) is 0 Å². The third kappa shape index (κ3) is 7.70. The number of benzene rings is 1. The fraction of sp³-hybridized carbons (Fsp3) is 0.381. The maximum absolute atomic E-state index is 12.7. The minimum absolute atomic E-state index is 0.0172. The summed E-state index contributed by atoms with van der Waals surface area (Å²) in [4.78, 5) is 28.0. The highest BCUT2D eigenvalue weighted by Gasteiger charge is 2.33. The van der Waals surface area contributed by atoms with Crippen LogP contribution in [0.25, 0.3) is 0 Å². The van der Waals surface area contributed by atoms with Gasteiger partial charge in [-0.1, -0.05) is 55.8 Å². The van der Waals surface area contributed by atoms with Gasteiger partial charge in [-0.3, -0.25) is 9.59 Å². The highest BCUT2D eigenvalue weighted by molar-refractivity contribution is 6.33. The summed E-state index contributed by atoms with van der Waals surface area (Å²) in [7, 11) is 0. The molecule has 1 N–H and O–H groups in total. The normalized spacial score (nSPS) is 11.3. The van der Waals surface area contributed by atoms with Gasteiger partial charge in [-0.15, -0.1) is 0 Å². The van der Waals surface area contributed by atoms with Crippen LogP contribution in [0.1, 0.15) is 61.5 Å². The molecule has 0 fully saturated rings. The first-order valence-corrected chi connectivity index (χ1v) is 10.4. The molecule has 1 heterocycles. The highest BCUT2D eigenvalue weighted by atomic mass is 35.5. The zero-order chi connectivity index (χ0) is 23.0. The topological polar surface area (TPSA) is 68.3 Å². The van der Waals surface area contributed by atoms with Crippen molar-refractivity contribution in [3.8, 4) is 5.75 Å². The van der Waals surface area contributed by atoms with Gasteiger partial charge >= 0.3 is 12.1 Å². The maximum atomic E-state index is 12.7. The zero-order valence-corrected chi connectivity index (χ0v) is 18.2. The van der Waals surface area contributed by atoms with Crippen LogP contribution in [0.4, 0.5) is 18.9 Å². The van der Waals surface area contributed by atoms with Crippen LogP contribution in [0.15, 0.2) is 30.3 Å². The number of unbranched alkanes of at least 4 members (excludes halogenated alkanes) is 4. The van der Waals surface area contributed by atoms with Gasteiger partial charge in [-0.25, -0.2) is 4.98 Å². The maximum Gasteiger partial charge on any atom is 0.433 e. The lowest BCUT2D eigenvalue weighted by Crippen LogP contribution is -2.17. The number of nitrogens with zero attached hydrogens (tertiary/aromatic N) is 1. The fourth-order valence-corrected chi connectivity index (χ4v) is 3.06. The fourth-order valence-electron chi connectivity index (χ4n) is 2.69. The van der Waals surface area contributed by atoms with E-state index in [1.165, 1.54) is 18.2 Å². The zero-order valence-electron chi connectivity index (χ0n) is 16.7. The first-order valence-electron chi connectivity index (χ1n) is 9.67. The Bertz CT molecular complexity index is 937. The molecular formula is C21H21Cl2F3N2O3. The van der Waals surface area contributed by atoms with Crippen LogP contribution in [0.2, 0.25) is 10.2 Å². The molecule has 0 saturated heterocycles. The van der Waals surface area contributed by atoms with E-state index >= 15 is 0 Å². The Morgan fingerprint density at radius 2 is 1.77 bits per heavy atom. The van der Waals surface area contributed by atoms with Gasteiger partial charge in [0.2, 0.25) is 0 Å². The molecule has 168 valence electrons. The molecule has 1 aromatic heterocycles. The number of pyridine rings is 1. The van der Waals surface area contributed by atoms with Crippen LogP contribution in [0.5, 0.6) is 5.75 Å². The lowest BCUT2D eigenvalue weighted by Gasteiger charge is -2.13. The predicted octanol–water partition coefficient (Wildman–Crippen LogP) is 6.93. The van der Waals surface area contributed by atoms with Crippen molar-refractivity contribution >= 4 is 40.8 Å². The van der Waals surface area contributed by atoms with Crippen molar-refractivity contribution in [1.29, 1.82) is 0 Å². The number of halogens is 5. The Balaban J connectivity index is 2.11. The smallest absolute Gasteiger partial charge is 0.426 e. The molecule has 0 unspecified atom stereocenters. The van der Waals surface area contributed by atoms with Crippen LogP contribution in [-0.4, -0.2) is 16.9 Å². The molecule has 0 atom stereocenters. The van der Waals surface area contributed by atoms with Gasteiger partial charge < -0.3 is 10.1 Å². The van der Waals surface area contributed by atoms with Gasteiger partial charge in [-0.2, -0.15) is 13.2 Å². The summed E-state index contributed by atoms with van der Waals surface area (Å²) < 4.78 is 43.5. The number of hydrogen-bond donors (Lipinski definition) is 1. The van der Waals surface area contributed by atoms with Crippen LogP contribution < -0.4 is 10.1 Å². The van der Waals surface area contributed by atoms with Gasteiger partial charge in [0.05, 0.1) is 11.3 Å². The summed E-state index contributed by atoms with van der Waals surface area (Å²) in [6.45, 7) is 2.09. The number of rotatable bonds is 9. The van der Waals surface area contributed by atoms with E-state index in [1.807, 2.05) is 0 Å². The Labute approximate surface area is 187 Å². The Morgan fingerprint density at radius 1 is 1.06 bits per heavy atom. The van der Waals surface area contributed by atoms with Gasteiger partial charge in [0, 0.05) is 11.4 Å². The van der Waals surface area contributed by atoms with Crippen molar-refractivity contribution in [2.24, 2.45) is 0 Å². The van der Waals surface area contributed by atoms with E-state index in [-0.39, 0.29) is 28.4 Å². The molecule has 0 radical (unpaired) electrons.